The van der Waals surface area contributed by atoms with E-state index in [4.69, 9.17) is 13.9 Å². The molecule has 0 spiro atoms. The van der Waals surface area contributed by atoms with Gasteiger partial charge in [-0.15, -0.1) is 0 Å². The Kier molecular flexibility index (Phi) is 9.29. The normalized spacial score (nSPS) is 19.0. The molecule has 0 aliphatic carbocycles. The summed E-state index contributed by atoms with van der Waals surface area (Å²) in [5.41, 5.74) is 0.358. The fraction of sp³-hybridized carbons (Fsp3) is 0.353. The van der Waals surface area contributed by atoms with E-state index in [-0.39, 0.29) is 31.4 Å². The minimum absolute atomic E-state index is 0.151. The second-order valence-electron chi connectivity index (χ2n) is 12.1. The number of hydrogen-bond acceptors (Lipinski definition) is 6. The predicted octanol–water partition coefficient (Wildman–Crippen LogP) is 3.72. The number of benzene rings is 3. The van der Waals surface area contributed by atoms with Crippen LogP contribution in [-0.4, -0.2) is 41.4 Å². The van der Waals surface area contributed by atoms with Gasteiger partial charge in [0.2, 0.25) is 0 Å². The summed E-state index contributed by atoms with van der Waals surface area (Å²) in [6, 6.07) is 30.1. The van der Waals surface area contributed by atoms with Crippen LogP contribution in [-0.2, 0) is 27.2 Å². The van der Waals surface area contributed by atoms with Gasteiger partial charge in [0.05, 0.1) is 19.3 Å². The van der Waals surface area contributed by atoms with Crippen LogP contribution in [0.1, 0.15) is 44.5 Å². The van der Waals surface area contributed by atoms with Gasteiger partial charge in [0.1, 0.15) is 19.1 Å². The lowest BCUT2D eigenvalue weighted by Crippen LogP contribution is -2.67. The first kappa shape index (κ1) is 30.8. The number of rotatable bonds is 10. The Morgan fingerprint density at radius 2 is 1.47 bits per heavy atom. The van der Waals surface area contributed by atoms with E-state index < -0.39 is 38.0 Å². The average Bonchev–Trinajstić information content (AvgIpc) is 3.38. The highest BCUT2D eigenvalue weighted by atomic mass is 28.4. The lowest BCUT2D eigenvalue weighted by atomic mass is 10.2. The van der Waals surface area contributed by atoms with Crippen molar-refractivity contribution in [3.63, 3.8) is 0 Å². The maximum absolute atomic E-state index is 13.5. The quantitative estimate of drug-likeness (QED) is 0.279. The summed E-state index contributed by atoms with van der Waals surface area (Å²) < 4.78 is 21.5. The summed E-state index contributed by atoms with van der Waals surface area (Å²) in [5, 5.41) is 13.1. The van der Waals surface area contributed by atoms with Crippen LogP contribution in [0.25, 0.3) is 0 Å². The number of hydrogen-bond donors (Lipinski definition) is 1. The van der Waals surface area contributed by atoms with Crippen molar-refractivity contribution in [3.05, 3.63) is 129 Å². The fourth-order valence-corrected chi connectivity index (χ4v) is 10.5. The molecule has 0 unspecified atom stereocenters. The van der Waals surface area contributed by atoms with E-state index in [1.54, 1.807) is 6.92 Å². The molecular formula is C34H40N2O6Si. The number of aliphatic hydroxyl groups is 1. The zero-order valence-electron chi connectivity index (χ0n) is 25.2. The van der Waals surface area contributed by atoms with Crippen molar-refractivity contribution in [2.75, 3.05) is 6.61 Å². The standard InChI is InChI=1S/C34H40N2O6Si/c1-25-21-35(33(39)36(32(25)38)24-40-22-26-14-8-5-9-15-26)31-20-29(37)30(42-31)23-41-43(34(2,3)4,27-16-10-6-11-17-27)28-18-12-7-13-19-28/h5-19,21,29-31,37H,20,22-24H2,1-4H3/t29-,30+,31+/m0/s1. The molecule has 3 atom stereocenters. The van der Waals surface area contributed by atoms with E-state index in [1.165, 1.54) is 10.8 Å². The van der Waals surface area contributed by atoms with Crippen molar-refractivity contribution in [1.29, 1.82) is 0 Å². The second-order valence-corrected chi connectivity index (χ2v) is 16.4. The fourth-order valence-electron chi connectivity index (χ4n) is 5.91. The Balaban J connectivity index is 1.38. The first-order valence-electron chi connectivity index (χ1n) is 14.6. The third kappa shape index (κ3) is 6.36. The molecule has 1 N–H and O–H groups in total. The van der Waals surface area contributed by atoms with Gasteiger partial charge in [-0.25, -0.2) is 9.36 Å². The number of aromatic nitrogens is 2. The van der Waals surface area contributed by atoms with Crippen molar-refractivity contribution >= 4 is 18.7 Å². The molecule has 4 aromatic rings. The van der Waals surface area contributed by atoms with Crippen LogP contribution < -0.4 is 21.6 Å². The summed E-state index contributed by atoms with van der Waals surface area (Å²) in [5.74, 6) is 0. The van der Waals surface area contributed by atoms with Crippen LogP contribution in [0.5, 0.6) is 0 Å². The van der Waals surface area contributed by atoms with E-state index >= 15 is 0 Å². The number of ether oxygens (including phenoxy) is 2. The molecule has 2 heterocycles. The minimum Gasteiger partial charge on any atom is -0.405 e. The zero-order chi connectivity index (χ0) is 30.6. The van der Waals surface area contributed by atoms with Crippen molar-refractivity contribution in [1.82, 2.24) is 9.13 Å². The van der Waals surface area contributed by atoms with E-state index in [0.717, 1.165) is 20.5 Å². The van der Waals surface area contributed by atoms with Gasteiger partial charge in [0.25, 0.3) is 13.9 Å². The highest BCUT2D eigenvalue weighted by molar-refractivity contribution is 6.99. The third-order valence-electron chi connectivity index (χ3n) is 8.09. The molecule has 1 saturated heterocycles. The minimum atomic E-state index is -2.85. The molecule has 0 amide bonds. The lowest BCUT2D eigenvalue weighted by molar-refractivity contribution is -0.0440. The highest BCUT2D eigenvalue weighted by Crippen LogP contribution is 2.38. The van der Waals surface area contributed by atoms with Gasteiger partial charge < -0.3 is 19.0 Å². The highest BCUT2D eigenvalue weighted by Gasteiger charge is 2.51. The summed E-state index contributed by atoms with van der Waals surface area (Å²) >= 11 is 0. The van der Waals surface area contributed by atoms with Gasteiger partial charge in [-0.3, -0.25) is 9.36 Å². The van der Waals surface area contributed by atoms with Gasteiger partial charge in [0, 0.05) is 18.2 Å². The van der Waals surface area contributed by atoms with Crippen LogP contribution in [0.2, 0.25) is 5.04 Å². The number of aryl methyl sites for hydroxylation is 1. The second kappa shape index (κ2) is 12.9. The first-order valence-corrected chi connectivity index (χ1v) is 16.6. The smallest absolute Gasteiger partial charge is 0.335 e. The molecule has 9 heteroatoms. The van der Waals surface area contributed by atoms with Crippen molar-refractivity contribution in [2.45, 2.75) is 70.9 Å². The summed E-state index contributed by atoms with van der Waals surface area (Å²) in [6.07, 6.45) is -0.577. The van der Waals surface area contributed by atoms with Gasteiger partial charge in [-0.1, -0.05) is 112 Å². The van der Waals surface area contributed by atoms with Crippen LogP contribution in [0, 0.1) is 6.92 Å². The van der Waals surface area contributed by atoms with Crippen LogP contribution >= 0.6 is 0 Å². The molecule has 0 radical (unpaired) electrons. The number of aliphatic hydroxyl groups excluding tert-OH is 1. The first-order chi connectivity index (χ1) is 20.6. The molecule has 5 rings (SSSR count). The molecule has 1 aliphatic heterocycles. The van der Waals surface area contributed by atoms with Crippen molar-refractivity contribution in [2.24, 2.45) is 0 Å². The van der Waals surface area contributed by atoms with E-state index in [0.29, 0.717) is 5.56 Å². The van der Waals surface area contributed by atoms with E-state index in [9.17, 15) is 14.7 Å². The Bertz CT molecular complexity index is 1580. The van der Waals surface area contributed by atoms with E-state index in [2.05, 4.69) is 45.0 Å². The summed E-state index contributed by atoms with van der Waals surface area (Å²) in [7, 11) is -2.85. The molecular weight excluding hydrogens is 560 g/mol. The molecule has 1 aromatic heterocycles. The third-order valence-corrected chi connectivity index (χ3v) is 13.1. The topological polar surface area (TPSA) is 91.9 Å². The SMILES string of the molecule is Cc1cn([C@H]2C[C@H](O)[C@@H](CO[Si](c3ccccc3)(c3ccccc3)C(C)(C)C)O2)c(=O)n(COCc2ccccc2)c1=O. The molecule has 0 saturated carbocycles. The monoisotopic (exact) mass is 600 g/mol. The Labute approximate surface area is 253 Å². The molecule has 3 aromatic carbocycles. The van der Waals surface area contributed by atoms with Gasteiger partial charge in [0.15, 0.2) is 0 Å². The van der Waals surface area contributed by atoms with Crippen LogP contribution in [0.3, 0.4) is 0 Å². The van der Waals surface area contributed by atoms with Crippen LogP contribution in [0.4, 0.5) is 0 Å². The average molecular weight is 601 g/mol. The molecule has 1 aliphatic rings. The summed E-state index contributed by atoms with van der Waals surface area (Å²) in [4.78, 5) is 26.3. The lowest BCUT2D eigenvalue weighted by Gasteiger charge is -2.43. The molecule has 0 bridgehead atoms. The predicted molar refractivity (Wildman–Crippen MR) is 169 cm³/mol. The van der Waals surface area contributed by atoms with Crippen molar-refractivity contribution < 1.29 is 19.0 Å². The summed E-state index contributed by atoms with van der Waals surface area (Å²) in [6.45, 7) is 8.46. The molecule has 8 nitrogen and oxygen atoms in total. The largest absolute Gasteiger partial charge is 0.405 e. The maximum Gasteiger partial charge on any atom is 0.335 e. The van der Waals surface area contributed by atoms with Crippen LogP contribution in [0.15, 0.2) is 107 Å². The van der Waals surface area contributed by atoms with Gasteiger partial charge in [-0.05, 0) is 27.9 Å². The molecule has 43 heavy (non-hydrogen) atoms. The molecule has 226 valence electrons. The maximum atomic E-state index is 13.5. The number of nitrogens with zero attached hydrogens (tertiary/aromatic N) is 2. The van der Waals surface area contributed by atoms with Crippen molar-refractivity contribution in [3.8, 4) is 0 Å². The molecule has 1 fully saturated rings. The van der Waals surface area contributed by atoms with Gasteiger partial charge in [-0.2, -0.15) is 0 Å². The Hall–Kier alpha value is -3.60. The Morgan fingerprint density at radius 3 is 2.02 bits per heavy atom. The zero-order valence-corrected chi connectivity index (χ0v) is 26.2. The van der Waals surface area contributed by atoms with E-state index in [1.807, 2.05) is 66.7 Å². The van der Waals surface area contributed by atoms with Gasteiger partial charge >= 0.3 is 5.69 Å². The Morgan fingerprint density at radius 1 is 0.907 bits per heavy atom.